The maximum Gasteiger partial charge on any atom is 0.161 e. The van der Waals surface area contributed by atoms with Crippen LogP contribution < -0.4 is 9.47 Å². The number of rotatable bonds is 2. The van der Waals surface area contributed by atoms with Crippen LogP contribution in [0.4, 0.5) is 0 Å². The van der Waals surface area contributed by atoms with Gasteiger partial charge in [0, 0.05) is 11.5 Å². The van der Waals surface area contributed by atoms with Crippen LogP contribution in [-0.4, -0.2) is 25.1 Å². The Morgan fingerprint density at radius 2 is 1.93 bits per heavy atom. The molecule has 3 nitrogen and oxygen atoms in total. The van der Waals surface area contributed by atoms with Crippen LogP contribution in [0.3, 0.4) is 0 Å². The lowest BCUT2D eigenvalue weighted by atomic mass is 10.0. The largest absolute Gasteiger partial charge is 0.493 e. The number of methoxy groups -OCH3 is 2. The number of hydrogen-bond acceptors (Lipinski definition) is 4. The van der Waals surface area contributed by atoms with Gasteiger partial charge in [-0.05, 0) is 23.3 Å². The van der Waals surface area contributed by atoms with E-state index in [4.69, 9.17) is 9.47 Å². The van der Waals surface area contributed by atoms with Crippen LogP contribution in [0.1, 0.15) is 17.2 Å². The quantitative estimate of drug-likeness (QED) is 0.837. The van der Waals surface area contributed by atoms with Crippen LogP contribution in [0.25, 0.3) is 0 Å². The molecule has 1 N–H and O–H groups in total. The highest BCUT2D eigenvalue weighted by atomic mass is 32.2. The van der Waals surface area contributed by atoms with Gasteiger partial charge in [0.15, 0.2) is 11.5 Å². The van der Waals surface area contributed by atoms with Crippen molar-refractivity contribution in [2.24, 2.45) is 0 Å². The van der Waals surface area contributed by atoms with E-state index in [2.05, 4.69) is 0 Å². The highest BCUT2D eigenvalue weighted by molar-refractivity contribution is 7.98. The number of benzene rings is 1. The third-order valence-electron chi connectivity index (χ3n) is 2.54. The van der Waals surface area contributed by atoms with Gasteiger partial charge in [-0.2, -0.15) is 11.8 Å². The van der Waals surface area contributed by atoms with Crippen molar-refractivity contribution in [3.63, 3.8) is 0 Å². The van der Waals surface area contributed by atoms with E-state index < -0.39 is 6.10 Å². The third-order valence-corrected chi connectivity index (χ3v) is 3.60. The van der Waals surface area contributed by atoms with Crippen molar-refractivity contribution >= 4 is 11.8 Å². The standard InChI is InChI=1S/C11H14O3S/c1-13-10-3-7-5-15-6-9(12)8(7)4-11(10)14-2/h3-4,9,12H,5-6H2,1-2H3/t9-/m1/s1. The molecule has 0 aromatic heterocycles. The smallest absolute Gasteiger partial charge is 0.161 e. The first-order valence-electron chi connectivity index (χ1n) is 4.77. The van der Waals surface area contributed by atoms with Crippen molar-refractivity contribution in [1.82, 2.24) is 0 Å². The number of hydrogen-bond donors (Lipinski definition) is 1. The van der Waals surface area contributed by atoms with Gasteiger partial charge >= 0.3 is 0 Å². The number of ether oxygens (including phenoxy) is 2. The van der Waals surface area contributed by atoms with Crippen LogP contribution in [0.2, 0.25) is 0 Å². The summed E-state index contributed by atoms with van der Waals surface area (Å²) in [5.41, 5.74) is 2.10. The molecule has 15 heavy (non-hydrogen) atoms. The summed E-state index contributed by atoms with van der Waals surface area (Å²) in [6.07, 6.45) is -0.390. The summed E-state index contributed by atoms with van der Waals surface area (Å²) in [6.45, 7) is 0. The summed E-state index contributed by atoms with van der Waals surface area (Å²) < 4.78 is 10.4. The van der Waals surface area contributed by atoms with Gasteiger partial charge in [-0.1, -0.05) is 0 Å². The summed E-state index contributed by atoms with van der Waals surface area (Å²) in [4.78, 5) is 0. The van der Waals surface area contributed by atoms with Crippen molar-refractivity contribution in [3.8, 4) is 11.5 Å². The summed E-state index contributed by atoms with van der Waals surface area (Å²) in [5, 5.41) is 9.83. The maximum atomic E-state index is 9.83. The first-order chi connectivity index (χ1) is 7.26. The average Bonchev–Trinajstić information content (AvgIpc) is 2.28. The first-order valence-corrected chi connectivity index (χ1v) is 5.92. The molecule has 2 rings (SSSR count). The summed E-state index contributed by atoms with van der Waals surface area (Å²) in [7, 11) is 3.23. The molecule has 0 unspecified atom stereocenters. The molecule has 0 spiro atoms. The first kappa shape index (κ1) is 10.6. The van der Waals surface area contributed by atoms with Crippen LogP contribution in [0.5, 0.6) is 11.5 Å². The predicted octanol–water partition coefficient (Wildman–Crippen LogP) is 1.98. The molecule has 4 heteroatoms. The highest BCUT2D eigenvalue weighted by Gasteiger charge is 2.21. The van der Waals surface area contributed by atoms with Crippen molar-refractivity contribution < 1.29 is 14.6 Å². The topological polar surface area (TPSA) is 38.7 Å². The van der Waals surface area contributed by atoms with E-state index in [1.807, 2.05) is 12.1 Å². The minimum atomic E-state index is -0.390. The summed E-state index contributed by atoms with van der Waals surface area (Å²) >= 11 is 1.73. The fourth-order valence-electron chi connectivity index (χ4n) is 1.74. The SMILES string of the molecule is COc1cc2c(cc1OC)[C@H](O)CSC2. The van der Waals surface area contributed by atoms with Gasteiger partial charge in [0.25, 0.3) is 0 Å². The zero-order chi connectivity index (χ0) is 10.8. The van der Waals surface area contributed by atoms with E-state index in [-0.39, 0.29) is 0 Å². The fraction of sp³-hybridized carbons (Fsp3) is 0.455. The maximum absolute atomic E-state index is 9.83. The van der Waals surface area contributed by atoms with Gasteiger partial charge in [-0.3, -0.25) is 0 Å². The second-order valence-electron chi connectivity index (χ2n) is 3.44. The molecule has 1 aliphatic heterocycles. The molecule has 1 aromatic rings. The van der Waals surface area contributed by atoms with Gasteiger partial charge in [0.05, 0.1) is 20.3 Å². The Kier molecular flexibility index (Phi) is 3.07. The van der Waals surface area contributed by atoms with Crippen LogP contribution in [0.15, 0.2) is 12.1 Å². The zero-order valence-electron chi connectivity index (χ0n) is 8.82. The molecule has 0 amide bonds. The second kappa shape index (κ2) is 4.33. The molecule has 1 aromatic carbocycles. The van der Waals surface area contributed by atoms with Crippen molar-refractivity contribution in [2.45, 2.75) is 11.9 Å². The summed E-state index contributed by atoms with van der Waals surface area (Å²) in [6, 6.07) is 3.82. The average molecular weight is 226 g/mol. The zero-order valence-corrected chi connectivity index (χ0v) is 9.63. The lowest BCUT2D eigenvalue weighted by Gasteiger charge is -2.22. The third kappa shape index (κ3) is 1.92. The monoisotopic (exact) mass is 226 g/mol. The lowest BCUT2D eigenvalue weighted by molar-refractivity contribution is 0.201. The van der Waals surface area contributed by atoms with Gasteiger partial charge in [-0.15, -0.1) is 0 Å². The molecule has 0 saturated carbocycles. The number of aliphatic hydroxyl groups excluding tert-OH is 1. The van der Waals surface area contributed by atoms with E-state index in [0.717, 1.165) is 28.4 Å². The number of fused-ring (bicyclic) bond motifs is 1. The van der Waals surface area contributed by atoms with Crippen molar-refractivity contribution in [2.75, 3.05) is 20.0 Å². The molecule has 0 bridgehead atoms. The molecule has 0 fully saturated rings. The van der Waals surface area contributed by atoms with E-state index >= 15 is 0 Å². The minimum Gasteiger partial charge on any atom is -0.493 e. The lowest BCUT2D eigenvalue weighted by Crippen LogP contribution is -2.10. The molecule has 1 aliphatic rings. The number of thioether (sulfide) groups is 1. The van der Waals surface area contributed by atoms with Gasteiger partial charge in [0.2, 0.25) is 0 Å². The molecule has 0 saturated heterocycles. The normalized spacial score (nSPS) is 19.5. The van der Waals surface area contributed by atoms with E-state index in [1.165, 1.54) is 0 Å². The Bertz CT molecular complexity index is 365. The molecule has 1 heterocycles. The van der Waals surface area contributed by atoms with E-state index in [9.17, 15) is 5.11 Å². The molecular weight excluding hydrogens is 212 g/mol. The Labute approximate surface area is 93.4 Å². The molecule has 0 radical (unpaired) electrons. The summed E-state index contributed by atoms with van der Waals surface area (Å²) in [5.74, 6) is 3.09. The second-order valence-corrected chi connectivity index (χ2v) is 4.47. The Hall–Kier alpha value is -0.870. The van der Waals surface area contributed by atoms with Gasteiger partial charge in [0.1, 0.15) is 0 Å². The fourth-order valence-corrected chi connectivity index (χ4v) is 2.73. The Morgan fingerprint density at radius 1 is 1.27 bits per heavy atom. The highest BCUT2D eigenvalue weighted by Crippen LogP contribution is 2.38. The van der Waals surface area contributed by atoms with Crippen LogP contribution in [0, 0.1) is 0 Å². The van der Waals surface area contributed by atoms with Gasteiger partial charge in [-0.25, -0.2) is 0 Å². The van der Waals surface area contributed by atoms with E-state index in [1.54, 1.807) is 26.0 Å². The predicted molar refractivity (Wildman–Crippen MR) is 60.7 cm³/mol. The van der Waals surface area contributed by atoms with E-state index in [0.29, 0.717) is 5.75 Å². The molecule has 82 valence electrons. The van der Waals surface area contributed by atoms with Crippen LogP contribution >= 0.6 is 11.8 Å². The van der Waals surface area contributed by atoms with Crippen molar-refractivity contribution in [3.05, 3.63) is 23.3 Å². The number of aliphatic hydroxyl groups is 1. The Morgan fingerprint density at radius 3 is 2.60 bits per heavy atom. The van der Waals surface area contributed by atoms with Gasteiger partial charge < -0.3 is 14.6 Å². The molecule has 1 atom stereocenters. The minimum absolute atomic E-state index is 0.390. The molecular formula is C11H14O3S. The molecule has 0 aliphatic carbocycles. The van der Waals surface area contributed by atoms with Crippen LogP contribution in [-0.2, 0) is 5.75 Å². The Balaban J connectivity index is 2.48. The van der Waals surface area contributed by atoms with Crippen molar-refractivity contribution in [1.29, 1.82) is 0 Å².